The summed E-state index contributed by atoms with van der Waals surface area (Å²) in [6.45, 7) is 7.93. The Balaban J connectivity index is 1.62. The summed E-state index contributed by atoms with van der Waals surface area (Å²) < 4.78 is 0. The van der Waals surface area contributed by atoms with Gasteiger partial charge in [-0.1, -0.05) is 55.9 Å². The molecule has 0 saturated carbocycles. The highest BCUT2D eigenvalue weighted by Crippen LogP contribution is 2.39. The zero-order valence-electron chi connectivity index (χ0n) is 16.9. The van der Waals surface area contributed by atoms with Gasteiger partial charge in [0.15, 0.2) is 0 Å². The molecule has 152 valence electrons. The molecule has 0 radical (unpaired) electrons. The van der Waals surface area contributed by atoms with Crippen LogP contribution in [-0.4, -0.2) is 42.9 Å². The molecule has 0 saturated heterocycles. The molecule has 2 amide bonds. The third-order valence-corrected chi connectivity index (χ3v) is 5.96. The maximum absolute atomic E-state index is 12.5. The van der Waals surface area contributed by atoms with E-state index in [4.69, 9.17) is 0 Å². The fraction of sp³-hybridized carbons (Fsp3) is 0.304. The molecule has 0 unspecified atom stereocenters. The van der Waals surface area contributed by atoms with Crippen LogP contribution in [0, 0.1) is 0 Å². The lowest BCUT2D eigenvalue weighted by molar-refractivity contribution is -0.112. The van der Waals surface area contributed by atoms with Gasteiger partial charge in [0, 0.05) is 17.0 Å². The molecular weight excluding hydrogens is 382 g/mol. The van der Waals surface area contributed by atoms with Gasteiger partial charge in [0.2, 0.25) is 0 Å². The van der Waals surface area contributed by atoms with Gasteiger partial charge >= 0.3 is 0 Å². The lowest BCUT2D eigenvalue weighted by atomic mass is 10.1. The zero-order valence-corrected chi connectivity index (χ0v) is 17.7. The number of thioether (sulfide) groups is 1. The van der Waals surface area contributed by atoms with Gasteiger partial charge in [-0.25, -0.2) is 0 Å². The highest BCUT2D eigenvalue weighted by Gasteiger charge is 2.22. The van der Waals surface area contributed by atoms with Gasteiger partial charge in [-0.2, -0.15) is 0 Å². The molecule has 0 aliphatic carbocycles. The Morgan fingerprint density at radius 2 is 1.90 bits per heavy atom. The van der Waals surface area contributed by atoms with E-state index in [1.54, 1.807) is 6.07 Å². The van der Waals surface area contributed by atoms with Gasteiger partial charge in [0.25, 0.3) is 11.8 Å². The summed E-state index contributed by atoms with van der Waals surface area (Å²) in [5, 5.41) is 5.87. The normalized spacial score (nSPS) is 14.6. The van der Waals surface area contributed by atoms with Crippen molar-refractivity contribution in [2.24, 2.45) is 0 Å². The van der Waals surface area contributed by atoms with Crippen LogP contribution >= 0.6 is 11.8 Å². The van der Waals surface area contributed by atoms with Crippen molar-refractivity contribution in [2.45, 2.75) is 25.2 Å². The lowest BCUT2D eigenvalue weighted by Gasteiger charge is -2.20. The molecule has 3 rings (SSSR count). The van der Waals surface area contributed by atoms with Crippen molar-refractivity contribution < 1.29 is 9.59 Å². The van der Waals surface area contributed by atoms with Crippen LogP contribution in [0.3, 0.4) is 0 Å². The molecule has 1 heterocycles. The first-order valence-electron chi connectivity index (χ1n) is 10.0. The van der Waals surface area contributed by atoms with E-state index >= 15 is 0 Å². The quantitative estimate of drug-likeness (QED) is 0.506. The molecule has 5 nitrogen and oxygen atoms in total. The molecule has 29 heavy (non-hydrogen) atoms. The van der Waals surface area contributed by atoms with Crippen molar-refractivity contribution >= 4 is 35.3 Å². The Kier molecular flexibility index (Phi) is 7.49. The summed E-state index contributed by atoms with van der Waals surface area (Å²) in [4.78, 5) is 28.8. The minimum absolute atomic E-state index is 0.114. The second kappa shape index (κ2) is 10.3. The molecule has 6 heteroatoms. The summed E-state index contributed by atoms with van der Waals surface area (Å²) in [6.07, 6.45) is 2.79. The summed E-state index contributed by atoms with van der Waals surface area (Å²) >= 11 is 1.42. The number of nitrogens with zero attached hydrogens (tertiary/aromatic N) is 1. The molecule has 2 aromatic carbocycles. The van der Waals surface area contributed by atoms with Gasteiger partial charge in [0.1, 0.15) is 0 Å². The van der Waals surface area contributed by atoms with Crippen LogP contribution in [0.5, 0.6) is 0 Å². The van der Waals surface area contributed by atoms with Crippen molar-refractivity contribution in [2.75, 3.05) is 31.5 Å². The molecule has 1 aliphatic heterocycles. The summed E-state index contributed by atoms with van der Waals surface area (Å²) in [5.74, 6) is -0.264. The van der Waals surface area contributed by atoms with Gasteiger partial charge in [0.05, 0.1) is 10.6 Å². The van der Waals surface area contributed by atoms with Crippen LogP contribution in [0.25, 0.3) is 6.08 Å². The first-order valence-corrected chi connectivity index (χ1v) is 10.8. The second-order valence-electron chi connectivity index (χ2n) is 6.82. The Labute approximate surface area is 176 Å². The van der Waals surface area contributed by atoms with E-state index in [0.29, 0.717) is 22.7 Å². The fourth-order valence-corrected chi connectivity index (χ4v) is 4.08. The number of hydrogen-bond acceptors (Lipinski definition) is 4. The van der Waals surface area contributed by atoms with E-state index in [-0.39, 0.29) is 11.8 Å². The highest BCUT2D eigenvalue weighted by atomic mass is 32.2. The third kappa shape index (κ3) is 5.71. The molecule has 2 N–H and O–H groups in total. The number of benzene rings is 2. The number of rotatable bonds is 8. The van der Waals surface area contributed by atoms with E-state index in [1.165, 1.54) is 11.8 Å². The summed E-state index contributed by atoms with van der Waals surface area (Å²) in [6, 6.07) is 15.2. The number of hydrogen-bond donors (Lipinski definition) is 2. The van der Waals surface area contributed by atoms with Crippen molar-refractivity contribution in [3.05, 3.63) is 64.6 Å². The monoisotopic (exact) mass is 409 g/mol. The predicted molar refractivity (Wildman–Crippen MR) is 120 cm³/mol. The summed E-state index contributed by atoms with van der Waals surface area (Å²) in [5.41, 5.74) is 2.22. The number of carbonyl (C=O) groups excluding carboxylic acids is 2. The Morgan fingerprint density at radius 3 is 2.62 bits per heavy atom. The van der Waals surface area contributed by atoms with Crippen LogP contribution in [0.4, 0.5) is 5.69 Å². The first-order chi connectivity index (χ1) is 14.1. The maximum atomic E-state index is 12.5. The molecule has 0 fully saturated rings. The average Bonchev–Trinajstić information content (AvgIpc) is 2.74. The SMILES string of the molecule is CCN(CC)CCCNC(=O)c1ccc2c(c1)NC(=O)/C(=C/c1ccccc1)S2. The van der Waals surface area contributed by atoms with E-state index in [2.05, 4.69) is 29.4 Å². The van der Waals surface area contributed by atoms with E-state index in [0.717, 1.165) is 36.5 Å². The van der Waals surface area contributed by atoms with Crippen molar-refractivity contribution in [3.8, 4) is 0 Å². The van der Waals surface area contributed by atoms with Crippen LogP contribution in [-0.2, 0) is 4.79 Å². The van der Waals surface area contributed by atoms with E-state index in [1.807, 2.05) is 48.5 Å². The topological polar surface area (TPSA) is 61.4 Å². The van der Waals surface area contributed by atoms with Gasteiger partial charge in [-0.05, 0) is 55.9 Å². The average molecular weight is 410 g/mol. The van der Waals surface area contributed by atoms with Gasteiger partial charge < -0.3 is 15.5 Å². The molecule has 0 spiro atoms. The predicted octanol–water partition coefficient (Wildman–Crippen LogP) is 4.23. The smallest absolute Gasteiger partial charge is 0.262 e. The van der Waals surface area contributed by atoms with Gasteiger partial charge in [-0.15, -0.1) is 0 Å². The molecule has 2 aromatic rings. The molecule has 0 atom stereocenters. The molecule has 0 bridgehead atoms. The Morgan fingerprint density at radius 1 is 1.14 bits per heavy atom. The van der Waals surface area contributed by atoms with Crippen LogP contribution in [0.15, 0.2) is 58.3 Å². The van der Waals surface area contributed by atoms with E-state index < -0.39 is 0 Å². The third-order valence-electron chi connectivity index (χ3n) is 4.86. The molecule has 0 aromatic heterocycles. The number of fused-ring (bicyclic) bond motifs is 1. The van der Waals surface area contributed by atoms with Crippen molar-refractivity contribution in [1.82, 2.24) is 10.2 Å². The summed E-state index contributed by atoms with van der Waals surface area (Å²) in [7, 11) is 0. The van der Waals surface area contributed by atoms with Crippen LogP contribution < -0.4 is 10.6 Å². The number of anilines is 1. The van der Waals surface area contributed by atoms with Crippen LogP contribution in [0.1, 0.15) is 36.2 Å². The Hall–Kier alpha value is -2.57. The molecular formula is C23H27N3O2S. The minimum atomic E-state index is -0.150. The second-order valence-corrected chi connectivity index (χ2v) is 7.91. The highest BCUT2D eigenvalue weighted by molar-refractivity contribution is 8.04. The minimum Gasteiger partial charge on any atom is -0.352 e. The number of nitrogens with one attached hydrogen (secondary N) is 2. The molecule has 1 aliphatic rings. The van der Waals surface area contributed by atoms with Crippen LogP contribution in [0.2, 0.25) is 0 Å². The fourth-order valence-electron chi connectivity index (χ4n) is 3.15. The standard InChI is InChI=1S/C23H27N3O2S/c1-3-26(4-2)14-8-13-24-22(27)18-11-12-20-19(16-18)25-23(28)21(29-20)15-17-9-6-5-7-10-17/h5-7,9-12,15-16H,3-4,8,13-14H2,1-2H3,(H,24,27)(H,25,28)/b21-15-. The van der Waals surface area contributed by atoms with Crippen molar-refractivity contribution in [3.63, 3.8) is 0 Å². The maximum Gasteiger partial charge on any atom is 0.262 e. The van der Waals surface area contributed by atoms with Gasteiger partial charge in [-0.3, -0.25) is 9.59 Å². The lowest BCUT2D eigenvalue weighted by Crippen LogP contribution is -2.30. The first kappa shape index (κ1) is 21.1. The number of amides is 2. The largest absolute Gasteiger partial charge is 0.352 e. The zero-order chi connectivity index (χ0) is 20.6. The Bertz CT molecular complexity index is 892. The van der Waals surface area contributed by atoms with E-state index in [9.17, 15) is 9.59 Å². The number of carbonyl (C=O) groups is 2. The van der Waals surface area contributed by atoms with Crippen molar-refractivity contribution in [1.29, 1.82) is 0 Å².